The quantitative estimate of drug-likeness (QED) is 0.620. The van der Waals surface area contributed by atoms with E-state index in [-0.39, 0.29) is 0 Å². The Morgan fingerprint density at radius 1 is 1.22 bits per heavy atom. The van der Waals surface area contributed by atoms with Gasteiger partial charge in [-0.05, 0) is 41.1 Å². The van der Waals surface area contributed by atoms with E-state index in [1.165, 1.54) is 0 Å². The van der Waals surface area contributed by atoms with Gasteiger partial charge in [0.1, 0.15) is 5.75 Å². The minimum absolute atomic E-state index is 0.681. The van der Waals surface area contributed by atoms with Crippen LogP contribution in [0, 0.1) is 0 Å². The molecule has 2 aromatic heterocycles. The predicted molar refractivity (Wildman–Crippen MR) is 87.8 cm³/mol. The first-order valence-corrected chi connectivity index (χ1v) is 8.36. The Morgan fingerprint density at radius 2 is 2.04 bits per heavy atom. The smallest absolute Gasteiger partial charge is 0.173 e. The average Bonchev–Trinajstić information content (AvgIpc) is 3.22. The molecule has 0 spiro atoms. The molecule has 23 heavy (non-hydrogen) atoms. The van der Waals surface area contributed by atoms with Crippen LogP contribution < -0.4 is 4.74 Å². The van der Waals surface area contributed by atoms with Crippen molar-refractivity contribution in [3.05, 3.63) is 42.5 Å². The van der Waals surface area contributed by atoms with Crippen molar-refractivity contribution in [2.24, 2.45) is 0 Å². The molecule has 0 N–H and O–H groups in total. The Balaban J connectivity index is 1.74. The molecule has 120 valence electrons. The van der Waals surface area contributed by atoms with Gasteiger partial charge in [-0.15, -0.1) is 5.10 Å². The molecule has 2 heterocycles. The summed E-state index contributed by atoms with van der Waals surface area (Å²) in [6.45, 7) is 2.94. The van der Waals surface area contributed by atoms with Gasteiger partial charge in [0.05, 0.1) is 12.9 Å². The summed E-state index contributed by atoms with van der Waals surface area (Å²) in [6.07, 6.45) is 4.74. The van der Waals surface area contributed by atoms with Crippen molar-refractivity contribution in [2.45, 2.75) is 30.8 Å². The maximum absolute atomic E-state index is 5.19. The summed E-state index contributed by atoms with van der Waals surface area (Å²) in [4.78, 5) is 4.43. The van der Waals surface area contributed by atoms with E-state index in [1.807, 2.05) is 39.7 Å². The fraction of sp³-hybridized carbons (Fsp3) is 0.333. The summed E-state index contributed by atoms with van der Waals surface area (Å²) in [6, 6.07) is 7.88. The Hall–Kier alpha value is -2.35. The molecule has 3 rings (SSSR count). The fourth-order valence-electron chi connectivity index (χ4n) is 2.18. The molecule has 0 radical (unpaired) electrons. The standard InChI is InChI=1S/C15H18N6OS/c1-3-9-21-14(17-18-19-21)11-23-15-16-8-10-20(15)12-4-6-13(22-2)7-5-12/h4-8,10H,3,9,11H2,1-2H3. The third-order valence-electron chi connectivity index (χ3n) is 3.33. The molecule has 0 atom stereocenters. The number of aromatic nitrogens is 6. The lowest BCUT2D eigenvalue weighted by Crippen LogP contribution is -2.04. The molecule has 8 heteroatoms. The van der Waals surface area contributed by atoms with Gasteiger partial charge in [0.15, 0.2) is 11.0 Å². The highest BCUT2D eigenvalue weighted by Crippen LogP contribution is 2.24. The topological polar surface area (TPSA) is 70.7 Å². The second kappa shape index (κ2) is 7.28. The number of thioether (sulfide) groups is 1. The normalized spacial score (nSPS) is 10.9. The van der Waals surface area contributed by atoms with Crippen LogP contribution in [0.2, 0.25) is 0 Å². The van der Waals surface area contributed by atoms with Crippen LogP contribution in [0.4, 0.5) is 0 Å². The number of nitrogens with zero attached hydrogens (tertiary/aromatic N) is 6. The van der Waals surface area contributed by atoms with Gasteiger partial charge >= 0.3 is 0 Å². The minimum Gasteiger partial charge on any atom is -0.497 e. The minimum atomic E-state index is 0.681. The maximum atomic E-state index is 5.19. The summed E-state index contributed by atoms with van der Waals surface area (Å²) in [7, 11) is 1.66. The van der Waals surface area contributed by atoms with Crippen molar-refractivity contribution >= 4 is 11.8 Å². The Kier molecular flexibility index (Phi) is 4.92. The van der Waals surface area contributed by atoms with Crippen LogP contribution in [0.25, 0.3) is 5.69 Å². The lowest BCUT2D eigenvalue weighted by Gasteiger charge is -2.08. The molecule has 0 saturated heterocycles. The second-order valence-corrected chi connectivity index (χ2v) is 5.83. The van der Waals surface area contributed by atoms with Crippen molar-refractivity contribution in [1.29, 1.82) is 0 Å². The monoisotopic (exact) mass is 330 g/mol. The molecule has 0 fully saturated rings. The number of tetrazole rings is 1. The molecule has 0 aliphatic rings. The highest BCUT2D eigenvalue weighted by molar-refractivity contribution is 7.98. The zero-order valence-corrected chi connectivity index (χ0v) is 13.9. The molecule has 0 saturated carbocycles. The number of rotatable bonds is 7. The van der Waals surface area contributed by atoms with E-state index < -0.39 is 0 Å². The predicted octanol–water partition coefficient (Wildman–Crippen LogP) is 2.57. The summed E-state index contributed by atoms with van der Waals surface area (Å²) >= 11 is 1.61. The molecular weight excluding hydrogens is 312 g/mol. The van der Waals surface area contributed by atoms with Crippen LogP contribution in [0.1, 0.15) is 19.2 Å². The van der Waals surface area contributed by atoms with E-state index in [0.29, 0.717) is 5.75 Å². The van der Waals surface area contributed by atoms with Crippen molar-refractivity contribution in [3.63, 3.8) is 0 Å². The highest BCUT2D eigenvalue weighted by atomic mass is 32.2. The average molecular weight is 330 g/mol. The van der Waals surface area contributed by atoms with Crippen LogP contribution in [-0.4, -0.2) is 36.9 Å². The molecule has 3 aromatic rings. The van der Waals surface area contributed by atoms with Crippen LogP contribution in [-0.2, 0) is 12.3 Å². The van der Waals surface area contributed by atoms with E-state index in [4.69, 9.17) is 4.74 Å². The molecular formula is C15H18N6OS. The summed E-state index contributed by atoms with van der Waals surface area (Å²) in [5.74, 6) is 2.38. The lowest BCUT2D eigenvalue weighted by molar-refractivity contribution is 0.414. The molecule has 0 bridgehead atoms. The highest BCUT2D eigenvalue weighted by Gasteiger charge is 2.10. The van der Waals surface area contributed by atoms with E-state index in [1.54, 1.807) is 25.1 Å². The van der Waals surface area contributed by atoms with E-state index >= 15 is 0 Å². The van der Waals surface area contributed by atoms with E-state index in [9.17, 15) is 0 Å². The number of ether oxygens (including phenoxy) is 1. The molecule has 1 aromatic carbocycles. The number of methoxy groups -OCH3 is 1. The fourth-order valence-corrected chi connectivity index (χ4v) is 3.08. The van der Waals surface area contributed by atoms with Crippen molar-refractivity contribution in [3.8, 4) is 11.4 Å². The summed E-state index contributed by atoms with van der Waals surface area (Å²) < 4.78 is 9.08. The zero-order valence-electron chi connectivity index (χ0n) is 13.1. The van der Waals surface area contributed by atoms with Gasteiger partial charge in [-0.25, -0.2) is 9.67 Å². The lowest BCUT2D eigenvalue weighted by atomic mass is 10.3. The molecule has 7 nitrogen and oxygen atoms in total. The first-order chi connectivity index (χ1) is 11.3. The maximum Gasteiger partial charge on any atom is 0.173 e. The Labute approximate surface area is 138 Å². The SMILES string of the molecule is CCCn1nnnc1CSc1nccn1-c1ccc(OC)cc1. The van der Waals surface area contributed by atoms with Gasteiger partial charge in [0.2, 0.25) is 0 Å². The largest absolute Gasteiger partial charge is 0.497 e. The van der Waals surface area contributed by atoms with Gasteiger partial charge in [0.25, 0.3) is 0 Å². The van der Waals surface area contributed by atoms with Gasteiger partial charge in [-0.1, -0.05) is 18.7 Å². The third kappa shape index (κ3) is 3.53. The van der Waals surface area contributed by atoms with Gasteiger partial charge < -0.3 is 4.74 Å². The zero-order chi connectivity index (χ0) is 16.1. The Bertz CT molecular complexity index is 751. The number of hydrogen-bond donors (Lipinski definition) is 0. The number of hydrogen-bond acceptors (Lipinski definition) is 6. The number of imidazole rings is 1. The second-order valence-electron chi connectivity index (χ2n) is 4.88. The van der Waals surface area contributed by atoms with Crippen molar-refractivity contribution in [1.82, 2.24) is 29.8 Å². The molecule has 0 unspecified atom stereocenters. The number of benzene rings is 1. The van der Waals surface area contributed by atoms with E-state index in [0.717, 1.165) is 35.4 Å². The molecule has 0 aliphatic carbocycles. The van der Waals surface area contributed by atoms with Crippen LogP contribution in [0.5, 0.6) is 5.75 Å². The molecule has 0 aliphatic heterocycles. The van der Waals surface area contributed by atoms with Crippen LogP contribution in [0.3, 0.4) is 0 Å². The first-order valence-electron chi connectivity index (χ1n) is 7.37. The third-order valence-corrected chi connectivity index (χ3v) is 4.29. The van der Waals surface area contributed by atoms with Crippen LogP contribution >= 0.6 is 11.8 Å². The van der Waals surface area contributed by atoms with Gasteiger partial charge in [0, 0.05) is 24.6 Å². The van der Waals surface area contributed by atoms with Crippen LogP contribution in [0.15, 0.2) is 41.8 Å². The summed E-state index contributed by atoms with van der Waals surface area (Å²) in [5, 5.41) is 12.7. The van der Waals surface area contributed by atoms with Gasteiger partial charge in [-0.3, -0.25) is 4.57 Å². The Morgan fingerprint density at radius 3 is 2.78 bits per heavy atom. The van der Waals surface area contributed by atoms with Gasteiger partial charge in [-0.2, -0.15) is 0 Å². The van der Waals surface area contributed by atoms with Crippen molar-refractivity contribution in [2.75, 3.05) is 7.11 Å². The van der Waals surface area contributed by atoms with Crippen molar-refractivity contribution < 1.29 is 4.74 Å². The summed E-state index contributed by atoms with van der Waals surface area (Å²) in [5.41, 5.74) is 1.04. The number of aryl methyl sites for hydroxylation is 1. The molecule has 0 amide bonds. The van der Waals surface area contributed by atoms with E-state index in [2.05, 4.69) is 27.4 Å². The first kappa shape index (κ1) is 15.5.